The second-order valence-corrected chi connectivity index (χ2v) is 6.03. The van der Waals surface area contributed by atoms with Gasteiger partial charge in [-0.05, 0) is 31.6 Å². The van der Waals surface area contributed by atoms with Gasteiger partial charge < -0.3 is 10.7 Å². The van der Waals surface area contributed by atoms with Crippen LogP contribution in [-0.4, -0.2) is 16.0 Å². The van der Waals surface area contributed by atoms with Crippen LogP contribution in [0, 0.1) is 5.92 Å². The van der Waals surface area contributed by atoms with Crippen molar-refractivity contribution >= 4 is 11.6 Å². The van der Waals surface area contributed by atoms with Crippen LogP contribution in [0.25, 0.3) is 0 Å². The van der Waals surface area contributed by atoms with E-state index in [0.717, 1.165) is 17.6 Å². The number of rotatable bonds is 4. The molecule has 2 saturated carbocycles. The van der Waals surface area contributed by atoms with E-state index in [1.54, 1.807) is 0 Å². The van der Waals surface area contributed by atoms with E-state index in [9.17, 15) is 0 Å². The molecule has 0 bridgehead atoms. The molecular weight excluding hydrogens is 238 g/mol. The van der Waals surface area contributed by atoms with Gasteiger partial charge in [0, 0.05) is 18.0 Å². The van der Waals surface area contributed by atoms with E-state index in [-0.39, 0.29) is 0 Å². The fourth-order valence-electron chi connectivity index (χ4n) is 2.91. The molecule has 2 aliphatic carbocycles. The zero-order valence-corrected chi connectivity index (χ0v) is 11.5. The Morgan fingerprint density at radius 1 is 1.16 bits per heavy atom. The first-order valence-electron chi connectivity index (χ1n) is 7.36. The quantitative estimate of drug-likeness (QED) is 0.574. The summed E-state index contributed by atoms with van der Waals surface area (Å²) in [7, 11) is 0. The highest BCUT2D eigenvalue weighted by Crippen LogP contribution is 2.39. The molecule has 0 saturated heterocycles. The maximum absolute atomic E-state index is 5.50. The van der Waals surface area contributed by atoms with Crippen molar-refractivity contribution in [3.8, 4) is 0 Å². The minimum absolute atomic E-state index is 0.538. The zero-order valence-electron chi connectivity index (χ0n) is 11.5. The van der Waals surface area contributed by atoms with Crippen molar-refractivity contribution in [1.82, 2.24) is 9.97 Å². The van der Waals surface area contributed by atoms with Crippen molar-refractivity contribution in [3.05, 3.63) is 11.9 Å². The molecule has 0 amide bonds. The number of hydrazine groups is 1. The predicted molar refractivity (Wildman–Crippen MR) is 76.9 cm³/mol. The van der Waals surface area contributed by atoms with Gasteiger partial charge in [-0.1, -0.05) is 19.8 Å². The van der Waals surface area contributed by atoms with Crippen molar-refractivity contribution in [3.63, 3.8) is 0 Å². The molecule has 1 aromatic heterocycles. The highest BCUT2D eigenvalue weighted by atomic mass is 15.3. The molecule has 5 heteroatoms. The van der Waals surface area contributed by atoms with Crippen molar-refractivity contribution in [2.45, 2.75) is 57.4 Å². The molecule has 0 aromatic carbocycles. The van der Waals surface area contributed by atoms with Crippen molar-refractivity contribution in [2.24, 2.45) is 11.8 Å². The summed E-state index contributed by atoms with van der Waals surface area (Å²) in [5.41, 5.74) is 2.65. The Bertz CT molecular complexity index is 443. The third-order valence-corrected chi connectivity index (χ3v) is 4.12. The Hall–Kier alpha value is -1.36. The number of hydrogen-bond acceptors (Lipinski definition) is 5. The molecule has 2 unspecified atom stereocenters. The molecule has 4 N–H and O–H groups in total. The van der Waals surface area contributed by atoms with Gasteiger partial charge >= 0.3 is 0 Å². The molecule has 0 aliphatic heterocycles. The first-order chi connectivity index (χ1) is 9.24. The maximum Gasteiger partial charge on any atom is 0.145 e. The molecule has 19 heavy (non-hydrogen) atoms. The van der Waals surface area contributed by atoms with Crippen LogP contribution in [0.2, 0.25) is 0 Å². The topological polar surface area (TPSA) is 75.9 Å². The van der Waals surface area contributed by atoms with E-state index in [4.69, 9.17) is 5.84 Å². The largest absolute Gasteiger partial charge is 0.367 e. The summed E-state index contributed by atoms with van der Waals surface area (Å²) in [5.74, 6) is 9.41. The fraction of sp³-hybridized carbons (Fsp3) is 0.714. The van der Waals surface area contributed by atoms with Crippen LogP contribution in [0.3, 0.4) is 0 Å². The third-order valence-electron chi connectivity index (χ3n) is 4.12. The summed E-state index contributed by atoms with van der Waals surface area (Å²) in [4.78, 5) is 9.08. The molecule has 2 aliphatic rings. The summed E-state index contributed by atoms with van der Waals surface area (Å²) < 4.78 is 0. The Balaban J connectivity index is 1.73. The SMILES string of the molecule is CC1CCCC(Nc2cc(NN)nc(C3CC3)n2)C1. The zero-order chi connectivity index (χ0) is 13.2. The summed E-state index contributed by atoms with van der Waals surface area (Å²) in [6.45, 7) is 2.33. The van der Waals surface area contributed by atoms with Crippen LogP contribution in [0.4, 0.5) is 11.6 Å². The van der Waals surface area contributed by atoms with E-state index in [2.05, 4.69) is 27.6 Å². The maximum atomic E-state index is 5.50. The summed E-state index contributed by atoms with van der Waals surface area (Å²) >= 11 is 0. The average molecular weight is 261 g/mol. The van der Waals surface area contributed by atoms with Gasteiger partial charge in [-0.2, -0.15) is 0 Å². The summed E-state index contributed by atoms with van der Waals surface area (Å²) in [6, 6.07) is 2.45. The van der Waals surface area contributed by atoms with E-state index < -0.39 is 0 Å². The summed E-state index contributed by atoms with van der Waals surface area (Å²) in [5, 5.41) is 3.56. The fourth-order valence-corrected chi connectivity index (χ4v) is 2.91. The van der Waals surface area contributed by atoms with Gasteiger partial charge in [-0.15, -0.1) is 0 Å². The minimum atomic E-state index is 0.538. The number of anilines is 2. The van der Waals surface area contributed by atoms with Crippen LogP contribution in [0.5, 0.6) is 0 Å². The van der Waals surface area contributed by atoms with Crippen LogP contribution >= 0.6 is 0 Å². The molecule has 3 rings (SSSR count). The number of hydrogen-bond donors (Lipinski definition) is 3. The van der Waals surface area contributed by atoms with Crippen LogP contribution in [-0.2, 0) is 0 Å². The Morgan fingerprint density at radius 2 is 1.95 bits per heavy atom. The molecule has 0 radical (unpaired) electrons. The Kier molecular flexibility index (Phi) is 3.55. The number of nitrogen functional groups attached to an aromatic ring is 1. The molecule has 5 nitrogen and oxygen atoms in total. The molecule has 1 aromatic rings. The number of nitrogens with two attached hydrogens (primary N) is 1. The first kappa shape index (κ1) is 12.7. The van der Waals surface area contributed by atoms with E-state index >= 15 is 0 Å². The molecule has 2 atom stereocenters. The lowest BCUT2D eigenvalue weighted by molar-refractivity contribution is 0.358. The van der Waals surface area contributed by atoms with Gasteiger partial charge in [-0.3, -0.25) is 0 Å². The highest BCUT2D eigenvalue weighted by Gasteiger charge is 2.28. The van der Waals surface area contributed by atoms with E-state index in [0.29, 0.717) is 17.8 Å². The van der Waals surface area contributed by atoms with E-state index in [1.807, 2.05) is 6.07 Å². The van der Waals surface area contributed by atoms with Crippen LogP contribution in [0.1, 0.15) is 57.2 Å². The molecule has 104 valence electrons. The number of nitrogens with zero attached hydrogens (tertiary/aromatic N) is 2. The minimum Gasteiger partial charge on any atom is -0.367 e. The lowest BCUT2D eigenvalue weighted by atomic mass is 9.87. The standard InChI is InChI=1S/C14H23N5/c1-9-3-2-4-11(7-9)16-12-8-13(19-15)18-14(17-12)10-5-6-10/h8-11H,2-7,15H2,1H3,(H2,16,17,18,19). The number of aromatic nitrogens is 2. The third kappa shape index (κ3) is 3.15. The lowest BCUT2D eigenvalue weighted by Gasteiger charge is -2.28. The van der Waals surface area contributed by atoms with Gasteiger partial charge in [0.05, 0.1) is 0 Å². The smallest absolute Gasteiger partial charge is 0.145 e. The van der Waals surface area contributed by atoms with Gasteiger partial charge in [-0.25, -0.2) is 15.8 Å². The molecule has 2 fully saturated rings. The van der Waals surface area contributed by atoms with Gasteiger partial charge in [0.2, 0.25) is 0 Å². The first-order valence-corrected chi connectivity index (χ1v) is 7.36. The number of nitrogens with one attached hydrogen (secondary N) is 2. The van der Waals surface area contributed by atoms with Crippen molar-refractivity contribution in [2.75, 3.05) is 10.7 Å². The molecule has 0 spiro atoms. The lowest BCUT2D eigenvalue weighted by Crippen LogP contribution is -2.27. The van der Waals surface area contributed by atoms with Crippen LogP contribution < -0.4 is 16.6 Å². The Labute approximate surface area is 114 Å². The van der Waals surface area contributed by atoms with Gasteiger partial charge in [0.25, 0.3) is 0 Å². The summed E-state index contributed by atoms with van der Waals surface area (Å²) in [6.07, 6.45) is 7.53. The highest BCUT2D eigenvalue weighted by molar-refractivity contribution is 5.48. The van der Waals surface area contributed by atoms with Crippen molar-refractivity contribution < 1.29 is 0 Å². The normalized spacial score (nSPS) is 27.1. The van der Waals surface area contributed by atoms with Gasteiger partial charge in [0.15, 0.2) is 0 Å². The predicted octanol–water partition coefficient (Wildman–Crippen LogP) is 2.63. The monoisotopic (exact) mass is 261 g/mol. The van der Waals surface area contributed by atoms with Crippen LogP contribution in [0.15, 0.2) is 6.07 Å². The van der Waals surface area contributed by atoms with Crippen molar-refractivity contribution in [1.29, 1.82) is 0 Å². The second-order valence-electron chi connectivity index (χ2n) is 6.03. The molecule has 1 heterocycles. The second kappa shape index (κ2) is 5.33. The average Bonchev–Trinajstić information content (AvgIpc) is 3.22. The molecular formula is C14H23N5. The van der Waals surface area contributed by atoms with E-state index in [1.165, 1.54) is 38.5 Å². The Morgan fingerprint density at radius 3 is 2.63 bits per heavy atom. The van der Waals surface area contributed by atoms with Gasteiger partial charge in [0.1, 0.15) is 17.5 Å².